The molecule has 4 heteroatoms. The summed E-state index contributed by atoms with van der Waals surface area (Å²) in [5, 5.41) is 9.70. The van der Waals surface area contributed by atoms with Crippen LogP contribution in [0.2, 0.25) is 0 Å². The quantitative estimate of drug-likeness (QED) is 0.160. The molecule has 61 heavy (non-hydrogen) atoms. The Kier molecular flexibility index (Phi) is 7.27. The average Bonchev–Trinajstić information content (AvgIpc) is 4.01. The van der Waals surface area contributed by atoms with Gasteiger partial charge in [0, 0.05) is 54.9 Å². The van der Waals surface area contributed by atoms with Gasteiger partial charge in [-0.1, -0.05) is 170 Å². The van der Waals surface area contributed by atoms with Crippen molar-refractivity contribution in [3.63, 3.8) is 0 Å². The molecule has 3 heterocycles. The highest BCUT2D eigenvalue weighted by Gasteiger charge is 2.23. The van der Waals surface area contributed by atoms with Crippen molar-refractivity contribution in [3.8, 4) is 39.6 Å². The highest BCUT2D eigenvalue weighted by atomic mass is 15.1. The zero-order valence-electron chi connectivity index (χ0n) is 33.1. The molecule has 10 aromatic carbocycles. The van der Waals surface area contributed by atoms with E-state index in [1.165, 1.54) is 70.9 Å². The normalized spacial score (nSPS) is 11.9. The largest absolute Gasteiger partial charge is 0.307 e. The molecule has 0 spiro atoms. The molecule has 0 saturated heterocycles. The number of para-hydroxylation sites is 3. The molecular formula is C57H36N4. The fourth-order valence-electron chi connectivity index (χ4n) is 9.96. The molecule has 4 nitrogen and oxygen atoms in total. The lowest BCUT2D eigenvalue weighted by Gasteiger charge is -2.15. The minimum atomic E-state index is 0.912. The van der Waals surface area contributed by atoms with Gasteiger partial charge in [-0.3, -0.25) is 4.57 Å². The molecule has 0 amide bonds. The van der Waals surface area contributed by atoms with Crippen molar-refractivity contribution in [1.29, 1.82) is 0 Å². The summed E-state index contributed by atoms with van der Waals surface area (Å²) in [4.78, 5) is 5.54. The molecule has 0 aliphatic heterocycles. The van der Waals surface area contributed by atoms with Crippen molar-refractivity contribution < 1.29 is 0 Å². The summed E-state index contributed by atoms with van der Waals surface area (Å²) < 4.78 is 7.29. The smallest absolute Gasteiger partial charge is 0.145 e. The van der Waals surface area contributed by atoms with E-state index >= 15 is 0 Å². The number of imidazole rings is 1. The van der Waals surface area contributed by atoms with E-state index in [9.17, 15) is 0 Å². The highest BCUT2D eigenvalue weighted by molar-refractivity contribution is 6.25. The molecule has 0 N–H and O–H groups in total. The lowest BCUT2D eigenvalue weighted by atomic mass is 10.00. The summed E-state index contributed by atoms with van der Waals surface area (Å²) in [5.41, 5.74) is 13.6. The molecule has 0 atom stereocenters. The van der Waals surface area contributed by atoms with Crippen molar-refractivity contribution in [2.45, 2.75) is 0 Å². The van der Waals surface area contributed by atoms with E-state index in [0.29, 0.717) is 0 Å². The van der Waals surface area contributed by atoms with E-state index in [1.807, 2.05) is 0 Å². The van der Waals surface area contributed by atoms with Crippen LogP contribution in [0.4, 0.5) is 0 Å². The van der Waals surface area contributed by atoms with Gasteiger partial charge in [-0.25, -0.2) is 4.98 Å². The van der Waals surface area contributed by atoms with Crippen LogP contribution in [0.1, 0.15) is 0 Å². The van der Waals surface area contributed by atoms with Gasteiger partial charge in [-0.2, -0.15) is 0 Å². The monoisotopic (exact) mass is 776 g/mol. The first kappa shape index (κ1) is 33.7. The Labute approximate surface area is 351 Å². The van der Waals surface area contributed by atoms with Crippen molar-refractivity contribution in [2.24, 2.45) is 0 Å². The number of hydrogen-bond acceptors (Lipinski definition) is 1. The molecule has 3 aromatic heterocycles. The van der Waals surface area contributed by atoms with Gasteiger partial charge in [0.15, 0.2) is 0 Å². The van der Waals surface area contributed by atoms with Gasteiger partial charge in [0.05, 0.1) is 33.1 Å². The lowest BCUT2D eigenvalue weighted by molar-refractivity contribution is 1.09. The Morgan fingerprint density at radius 2 is 0.639 bits per heavy atom. The van der Waals surface area contributed by atoms with Crippen molar-refractivity contribution in [3.05, 3.63) is 218 Å². The van der Waals surface area contributed by atoms with Crippen LogP contribution >= 0.6 is 0 Å². The lowest BCUT2D eigenvalue weighted by Crippen LogP contribution is -2.01. The van der Waals surface area contributed by atoms with Gasteiger partial charge in [0.25, 0.3) is 0 Å². The molecule has 0 radical (unpaired) electrons. The van der Waals surface area contributed by atoms with Crippen LogP contribution in [0.25, 0.3) is 116 Å². The maximum atomic E-state index is 5.54. The van der Waals surface area contributed by atoms with E-state index in [2.05, 4.69) is 232 Å². The summed E-state index contributed by atoms with van der Waals surface area (Å²) >= 11 is 0. The van der Waals surface area contributed by atoms with E-state index < -0.39 is 0 Å². The van der Waals surface area contributed by atoms with E-state index in [1.54, 1.807) is 0 Å². The minimum absolute atomic E-state index is 0.912. The predicted molar refractivity (Wildman–Crippen MR) is 256 cm³/mol. The zero-order chi connectivity index (χ0) is 40.0. The number of aromatic nitrogens is 4. The van der Waals surface area contributed by atoms with Crippen LogP contribution < -0.4 is 0 Å². The number of nitrogens with zero attached hydrogens (tertiary/aromatic N) is 4. The SMILES string of the molecule is c1ccc(-c2ccc(-c3nc4c5ccccc5c5ccccc5c4n3-c3ccc(-n4c5ccccc5c5ccc6c7ccccc7n(-c7ccccc7)c6c54)cc3)cc2)cc1. The average molecular weight is 777 g/mol. The van der Waals surface area contributed by atoms with Crippen molar-refractivity contribution in [2.75, 3.05) is 0 Å². The third-order valence-corrected chi connectivity index (χ3v) is 12.6. The van der Waals surface area contributed by atoms with E-state index in [-0.39, 0.29) is 0 Å². The van der Waals surface area contributed by atoms with Crippen LogP contribution in [0.3, 0.4) is 0 Å². The second-order valence-corrected chi connectivity index (χ2v) is 15.9. The second kappa shape index (κ2) is 13.2. The fraction of sp³-hybridized carbons (Fsp3) is 0. The molecule has 0 aliphatic rings. The molecule has 13 aromatic rings. The van der Waals surface area contributed by atoms with Gasteiger partial charge >= 0.3 is 0 Å². The predicted octanol–water partition coefficient (Wildman–Crippen LogP) is 14.9. The maximum Gasteiger partial charge on any atom is 0.145 e. The van der Waals surface area contributed by atoms with Gasteiger partial charge in [0.1, 0.15) is 5.82 Å². The van der Waals surface area contributed by atoms with Crippen LogP contribution in [0.5, 0.6) is 0 Å². The number of rotatable bonds is 5. The second-order valence-electron chi connectivity index (χ2n) is 15.9. The first-order chi connectivity index (χ1) is 30.3. The molecule has 0 saturated carbocycles. The molecule has 0 bridgehead atoms. The van der Waals surface area contributed by atoms with Gasteiger partial charge in [-0.15, -0.1) is 0 Å². The highest BCUT2D eigenvalue weighted by Crippen LogP contribution is 2.43. The van der Waals surface area contributed by atoms with Crippen molar-refractivity contribution >= 4 is 76.2 Å². The Hall–Kier alpha value is -8.21. The van der Waals surface area contributed by atoms with Gasteiger partial charge < -0.3 is 9.13 Å². The topological polar surface area (TPSA) is 27.7 Å². The third-order valence-electron chi connectivity index (χ3n) is 12.6. The van der Waals surface area contributed by atoms with E-state index in [4.69, 9.17) is 4.98 Å². The molecule has 0 aliphatic carbocycles. The Morgan fingerprint density at radius 1 is 0.246 bits per heavy atom. The van der Waals surface area contributed by atoms with Crippen LogP contribution in [0.15, 0.2) is 218 Å². The van der Waals surface area contributed by atoms with Crippen LogP contribution in [-0.4, -0.2) is 18.7 Å². The minimum Gasteiger partial charge on any atom is -0.307 e. The fourth-order valence-corrected chi connectivity index (χ4v) is 9.96. The summed E-state index contributed by atoms with van der Waals surface area (Å²) in [6.07, 6.45) is 0. The standard InChI is InChI=1S/C57H36N4/c1-3-15-37(16-4-1)38-27-29-39(30-28-38)57-58-53-47-23-9-7-19-43(47)44-20-8-10-24-48(44)54(53)61(57)42-33-31-41(32-34-42)60-52-26-14-12-22-46(52)50-36-35-49-45-21-11-13-25-51(45)59(55(49)56(50)60)40-17-5-2-6-18-40/h1-36H. The Balaban J connectivity index is 1.08. The Morgan fingerprint density at radius 3 is 1.23 bits per heavy atom. The summed E-state index contributed by atoms with van der Waals surface area (Å²) in [5.74, 6) is 0.912. The Bertz CT molecular complexity index is 3830. The zero-order valence-corrected chi connectivity index (χ0v) is 33.1. The molecule has 0 unspecified atom stereocenters. The molecule has 13 rings (SSSR count). The van der Waals surface area contributed by atoms with Crippen molar-refractivity contribution in [1.82, 2.24) is 18.7 Å². The number of fused-ring (bicyclic) bond motifs is 13. The molecule has 0 fully saturated rings. The first-order valence-corrected chi connectivity index (χ1v) is 20.9. The maximum absolute atomic E-state index is 5.54. The molecular weight excluding hydrogens is 741 g/mol. The third kappa shape index (κ3) is 4.97. The van der Waals surface area contributed by atoms with Crippen LogP contribution in [0, 0.1) is 0 Å². The summed E-state index contributed by atoms with van der Waals surface area (Å²) in [6.45, 7) is 0. The van der Waals surface area contributed by atoms with E-state index in [0.717, 1.165) is 44.9 Å². The summed E-state index contributed by atoms with van der Waals surface area (Å²) in [7, 11) is 0. The molecule has 284 valence electrons. The van der Waals surface area contributed by atoms with Gasteiger partial charge in [0.2, 0.25) is 0 Å². The first-order valence-electron chi connectivity index (χ1n) is 20.9. The van der Waals surface area contributed by atoms with Crippen LogP contribution in [-0.2, 0) is 0 Å². The van der Waals surface area contributed by atoms with Gasteiger partial charge in [-0.05, 0) is 70.4 Å². The number of hydrogen-bond donors (Lipinski definition) is 0. The summed E-state index contributed by atoms with van der Waals surface area (Å²) in [6, 6.07) is 79.0. The number of benzene rings is 10.